The summed E-state index contributed by atoms with van der Waals surface area (Å²) in [5, 5.41) is 5.15. The maximum atomic E-state index is 15.5. The zero-order valence-corrected chi connectivity index (χ0v) is 22.2. The van der Waals surface area contributed by atoms with E-state index >= 15 is 4.39 Å². The summed E-state index contributed by atoms with van der Waals surface area (Å²) in [7, 11) is 0. The number of pyridine rings is 1. The van der Waals surface area contributed by atoms with Crippen molar-refractivity contribution in [3.8, 4) is 0 Å². The molecule has 1 unspecified atom stereocenters. The number of imide groups is 1. The van der Waals surface area contributed by atoms with Gasteiger partial charge in [0, 0.05) is 30.7 Å². The average molecular weight is 620 g/mol. The molecule has 3 aliphatic rings. The van der Waals surface area contributed by atoms with Crippen molar-refractivity contribution in [3.05, 3.63) is 71.6 Å². The van der Waals surface area contributed by atoms with Gasteiger partial charge in [0.15, 0.2) is 5.95 Å². The van der Waals surface area contributed by atoms with E-state index in [0.29, 0.717) is 16.9 Å². The van der Waals surface area contributed by atoms with Gasteiger partial charge < -0.3 is 14.8 Å². The highest BCUT2D eigenvalue weighted by Crippen LogP contribution is 2.49. The molecule has 0 saturated carbocycles. The van der Waals surface area contributed by atoms with Crippen LogP contribution in [0.25, 0.3) is 27.7 Å². The van der Waals surface area contributed by atoms with E-state index in [4.69, 9.17) is 0 Å². The SMILES string of the molecule is O=C1NC(=O)C(c2cnc3ccccn23)=C1c1ccc2c3c1cc(F)n3CC(C(=O)N1CC(F)(F)C(F)(F)C(F)(F)C1)NC2. The van der Waals surface area contributed by atoms with Crippen molar-refractivity contribution in [2.45, 2.75) is 36.9 Å². The lowest BCUT2D eigenvalue weighted by atomic mass is 9.95. The van der Waals surface area contributed by atoms with Gasteiger partial charge in [-0.05, 0) is 23.3 Å². The number of carbonyl (C=O) groups is 3. The number of carbonyl (C=O) groups excluding carboxylic acids is 3. The van der Waals surface area contributed by atoms with Crippen LogP contribution in [0, 0.1) is 5.95 Å². The Labute approximate surface area is 241 Å². The fourth-order valence-electron chi connectivity index (χ4n) is 6.06. The molecule has 9 nitrogen and oxygen atoms in total. The molecule has 1 fully saturated rings. The lowest BCUT2D eigenvalue weighted by molar-refractivity contribution is -0.335. The number of halogens is 7. The van der Waals surface area contributed by atoms with E-state index in [1.165, 1.54) is 18.3 Å². The summed E-state index contributed by atoms with van der Waals surface area (Å²) in [5.74, 6) is -19.8. The predicted octanol–water partition coefficient (Wildman–Crippen LogP) is 3.22. The fraction of sp³-hybridized carbons (Fsp3) is 0.286. The highest BCUT2D eigenvalue weighted by Gasteiger charge is 2.75. The molecule has 44 heavy (non-hydrogen) atoms. The van der Waals surface area contributed by atoms with Crippen molar-refractivity contribution in [2.24, 2.45) is 0 Å². The quantitative estimate of drug-likeness (QED) is 0.271. The first-order valence-electron chi connectivity index (χ1n) is 13.2. The van der Waals surface area contributed by atoms with Crippen molar-refractivity contribution >= 4 is 45.4 Å². The highest BCUT2D eigenvalue weighted by molar-refractivity contribution is 6.49. The van der Waals surface area contributed by atoms with Crippen LogP contribution < -0.4 is 10.6 Å². The van der Waals surface area contributed by atoms with E-state index in [1.807, 2.05) is 0 Å². The molecule has 0 bridgehead atoms. The predicted molar refractivity (Wildman–Crippen MR) is 139 cm³/mol. The van der Waals surface area contributed by atoms with Gasteiger partial charge in [-0.1, -0.05) is 18.2 Å². The lowest BCUT2D eigenvalue weighted by Gasteiger charge is -2.43. The molecule has 4 aromatic rings. The monoisotopic (exact) mass is 620 g/mol. The number of fused-ring (bicyclic) bond motifs is 1. The molecular weight excluding hydrogens is 601 g/mol. The number of aromatic nitrogens is 3. The molecule has 1 aromatic carbocycles. The number of likely N-dealkylation sites (tertiary alicyclic amines) is 1. The van der Waals surface area contributed by atoms with Crippen LogP contribution in [-0.2, 0) is 27.5 Å². The zero-order chi connectivity index (χ0) is 31.3. The molecule has 0 radical (unpaired) electrons. The normalized spacial score (nSPS) is 22.5. The maximum absolute atomic E-state index is 15.5. The molecule has 1 atom stereocenters. The maximum Gasteiger partial charge on any atom is 0.375 e. The van der Waals surface area contributed by atoms with E-state index in [2.05, 4.69) is 15.6 Å². The Morgan fingerprint density at radius 2 is 1.66 bits per heavy atom. The summed E-state index contributed by atoms with van der Waals surface area (Å²) in [6, 6.07) is 7.65. The van der Waals surface area contributed by atoms with Crippen molar-refractivity contribution in [1.29, 1.82) is 0 Å². The highest BCUT2D eigenvalue weighted by atomic mass is 19.3. The minimum Gasteiger partial charge on any atom is -0.329 e. The van der Waals surface area contributed by atoms with Crippen LogP contribution in [0.1, 0.15) is 16.8 Å². The van der Waals surface area contributed by atoms with Crippen molar-refractivity contribution in [3.63, 3.8) is 0 Å². The van der Waals surface area contributed by atoms with Gasteiger partial charge >= 0.3 is 17.8 Å². The first-order valence-corrected chi connectivity index (χ1v) is 13.2. The standard InChI is InChI=1S/C28H19F7N6O3/c29-18-7-15-14(20-21(24(43)38-23(20)42)17-9-37-19-3-1-2-6-40(17)19)5-4-13-8-36-16(10-41(18)22(13)15)25(44)39-11-26(30,31)28(34,35)27(32,33)12-39/h1-7,9,16,36H,8,10-12H2,(H,38,42,43). The van der Waals surface area contributed by atoms with Gasteiger partial charge in [0.05, 0.1) is 41.6 Å². The third-order valence-corrected chi connectivity index (χ3v) is 8.18. The van der Waals surface area contributed by atoms with Gasteiger partial charge in [0.25, 0.3) is 11.8 Å². The minimum absolute atomic E-state index is 0.0132. The van der Waals surface area contributed by atoms with Crippen LogP contribution in [0.4, 0.5) is 30.7 Å². The zero-order valence-electron chi connectivity index (χ0n) is 22.2. The number of nitrogens with zero attached hydrogens (tertiary/aromatic N) is 4. The summed E-state index contributed by atoms with van der Waals surface area (Å²) < 4.78 is 102. The number of benzene rings is 1. The van der Waals surface area contributed by atoms with E-state index in [1.54, 1.807) is 28.8 Å². The van der Waals surface area contributed by atoms with Crippen LogP contribution in [0.3, 0.4) is 0 Å². The Kier molecular flexibility index (Phi) is 5.83. The molecule has 2 N–H and O–H groups in total. The van der Waals surface area contributed by atoms with E-state index in [-0.39, 0.29) is 39.1 Å². The summed E-state index contributed by atoms with van der Waals surface area (Å²) in [4.78, 5) is 43.5. The third kappa shape index (κ3) is 3.82. The Balaban J connectivity index is 1.30. The van der Waals surface area contributed by atoms with Gasteiger partial charge in [-0.2, -0.15) is 30.7 Å². The van der Waals surface area contributed by atoms with Crippen LogP contribution in [0.5, 0.6) is 0 Å². The van der Waals surface area contributed by atoms with E-state index < -0.39 is 67.1 Å². The summed E-state index contributed by atoms with van der Waals surface area (Å²) >= 11 is 0. The molecule has 16 heteroatoms. The van der Waals surface area contributed by atoms with Crippen molar-refractivity contribution < 1.29 is 45.1 Å². The smallest absolute Gasteiger partial charge is 0.329 e. The molecule has 228 valence electrons. The molecule has 3 aliphatic heterocycles. The topological polar surface area (TPSA) is 101 Å². The lowest BCUT2D eigenvalue weighted by Crippen LogP contribution is -2.69. The van der Waals surface area contributed by atoms with Gasteiger partial charge in [0.1, 0.15) is 11.7 Å². The largest absolute Gasteiger partial charge is 0.375 e. The number of alkyl halides is 6. The number of imidazole rings is 1. The Morgan fingerprint density at radius 1 is 0.955 bits per heavy atom. The number of hydrogen-bond donors (Lipinski definition) is 2. The van der Waals surface area contributed by atoms with Crippen molar-refractivity contribution in [1.82, 2.24) is 29.5 Å². The van der Waals surface area contributed by atoms with Gasteiger partial charge in [-0.15, -0.1) is 0 Å². The minimum atomic E-state index is -5.66. The van der Waals surface area contributed by atoms with Crippen molar-refractivity contribution in [2.75, 3.05) is 13.1 Å². The molecular formula is C28H19F7N6O3. The molecule has 0 aliphatic carbocycles. The number of rotatable bonds is 3. The number of hydrogen-bond acceptors (Lipinski definition) is 5. The molecule has 6 heterocycles. The Bertz CT molecular complexity index is 1940. The first kappa shape index (κ1) is 28.1. The van der Waals surface area contributed by atoms with Crippen LogP contribution >= 0.6 is 0 Å². The Hall–Kier alpha value is -4.73. The summed E-state index contributed by atoms with van der Waals surface area (Å²) in [5.41, 5.74) is 1.49. The van der Waals surface area contributed by atoms with Gasteiger partial charge in [-0.25, -0.2) is 4.98 Å². The molecule has 3 aromatic heterocycles. The fourth-order valence-corrected chi connectivity index (χ4v) is 6.06. The second-order valence-electron chi connectivity index (χ2n) is 10.8. The van der Waals surface area contributed by atoms with E-state index in [9.17, 15) is 40.7 Å². The molecule has 0 spiro atoms. The third-order valence-electron chi connectivity index (χ3n) is 8.18. The van der Waals surface area contributed by atoms with Gasteiger partial charge in [-0.3, -0.25) is 24.1 Å². The van der Waals surface area contributed by atoms with Gasteiger partial charge in [0.2, 0.25) is 5.91 Å². The number of amides is 3. The van der Waals surface area contributed by atoms with Crippen LogP contribution in [0.15, 0.2) is 48.8 Å². The molecule has 1 saturated heterocycles. The van der Waals surface area contributed by atoms with E-state index in [0.717, 1.165) is 10.6 Å². The first-order chi connectivity index (χ1) is 20.7. The van der Waals surface area contributed by atoms with Crippen LogP contribution in [0.2, 0.25) is 0 Å². The van der Waals surface area contributed by atoms with Crippen LogP contribution in [-0.4, -0.2) is 73.5 Å². The molecule has 3 amide bonds. The summed E-state index contributed by atoms with van der Waals surface area (Å²) in [6.45, 7) is -4.64. The molecule has 7 rings (SSSR count). The summed E-state index contributed by atoms with van der Waals surface area (Å²) in [6.07, 6.45) is 3.06. The average Bonchev–Trinajstić information content (AvgIpc) is 3.56. The Morgan fingerprint density at radius 3 is 2.39 bits per heavy atom. The second kappa shape index (κ2) is 9.14. The number of piperidine rings is 1. The second-order valence-corrected chi connectivity index (χ2v) is 10.8. The number of nitrogens with one attached hydrogen (secondary N) is 2.